The average Bonchev–Trinajstić information content (AvgIpc) is 3.41. The number of hydrogen-bond donors (Lipinski definition) is 2. The molecule has 0 aliphatic rings. The number of aromatic amines is 1. The Morgan fingerprint density at radius 2 is 1.77 bits per heavy atom. The number of H-pyrrole nitrogens is 1. The van der Waals surface area contributed by atoms with Crippen molar-refractivity contribution < 1.29 is 4.79 Å². The van der Waals surface area contributed by atoms with Gasteiger partial charge in [-0.15, -0.1) is 10.2 Å². The molecule has 4 aromatic rings. The number of aromatic nitrogens is 5. The number of amides is 1. The van der Waals surface area contributed by atoms with E-state index in [4.69, 9.17) is 0 Å². The first-order valence-electron chi connectivity index (χ1n) is 9.66. The van der Waals surface area contributed by atoms with E-state index in [9.17, 15) is 4.79 Å². The highest BCUT2D eigenvalue weighted by molar-refractivity contribution is 7.99. The Balaban J connectivity index is 1.54. The zero-order chi connectivity index (χ0) is 20.9. The van der Waals surface area contributed by atoms with Crippen molar-refractivity contribution in [3.05, 3.63) is 72.4 Å². The molecule has 4 rings (SSSR count). The molecule has 30 heavy (non-hydrogen) atoms. The van der Waals surface area contributed by atoms with Crippen LogP contribution < -0.4 is 5.32 Å². The minimum atomic E-state index is -0.148. The van der Waals surface area contributed by atoms with Gasteiger partial charge >= 0.3 is 0 Å². The topological polar surface area (TPSA) is 88.5 Å². The van der Waals surface area contributed by atoms with Crippen LogP contribution in [-0.2, 0) is 4.79 Å². The van der Waals surface area contributed by atoms with Crippen LogP contribution in [0.5, 0.6) is 0 Å². The fraction of sp³-hybridized carbons (Fsp3) is 0.182. The highest BCUT2D eigenvalue weighted by Crippen LogP contribution is 2.28. The van der Waals surface area contributed by atoms with Gasteiger partial charge in [-0.1, -0.05) is 74.1 Å². The van der Waals surface area contributed by atoms with Gasteiger partial charge in [-0.05, 0) is 18.1 Å². The molecule has 0 bridgehead atoms. The third-order valence-corrected chi connectivity index (χ3v) is 5.43. The molecule has 2 heterocycles. The maximum absolute atomic E-state index is 12.4. The monoisotopic (exact) mass is 418 g/mol. The third kappa shape index (κ3) is 4.44. The zero-order valence-corrected chi connectivity index (χ0v) is 17.6. The van der Waals surface area contributed by atoms with Crippen LogP contribution in [0.15, 0.2) is 71.9 Å². The molecule has 0 atom stereocenters. The number of nitrogens with one attached hydrogen (secondary N) is 2. The number of benzene rings is 2. The summed E-state index contributed by atoms with van der Waals surface area (Å²) >= 11 is 1.34. The molecule has 0 saturated heterocycles. The SMILES string of the molecule is CC(C)c1cc(NC(=O)CSc2nnc(-c3ccccc3)n2-c2ccccc2)n[nH]1. The third-order valence-electron chi connectivity index (χ3n) is 4.50. The molecule has 7 nitrogen and oxygen atoms in total. The van der Waals surface area contributed by atoms with Gasteiger partial charge in [0.25, 0.3) is 0 Å². The van der Waals surface area contributed by atoms with E-state index in [1.54, 1.807) is 0 Å². The van der Waals surface area contributed by atoms with Crippen molar-refractivity contribution >= 4 is 23.5 Å². The number of anilines is 1. The summed E-state index contributed by atoms with van der Waals surface area (Å²) in [5.41, 5.74) is 2.88. The number of nitrogens with zero attached hydrogens (tertiary/aromatic N) is 4. The summed E-state index contributed by atoms with van der Waals surface area (Å²) in [6.07, 6.45) is 0. The van der Waals surface area contributed by atoms with Crippen LogP contribution >= 0.6 is 11.8 Å². The van der Waals surface area contributed by atoms with Gasteiger partial charge in [0.05, 0.1) is 5.75 Å². The summed E-state index contributed by atoms with van der Waals surface area (Å²) < 4.78 is 1.97. The fourth-order valence-corrected chi connectivity index (χ4v) is 3.70. The predicted octanol–water partition coefficient (Wildman–Crippen LogP) is 4.51. The lowest BCUT2D eigenvalue weighted by Crippen LogP contribution is -2.14. The normalized spacial score (nSPS) is 11.0. The Morgan fingerprint density at radius 3 is 2.43 bits per heavy atom. The molecule has 8 heteroatoms. The minimum absolute atomic E-state index is 0.148. The molecule has 0 radical (unpaired) electrons. The first-order valence-corrected chi connectivity index (χ1v) is 10.6. The largest absolute Gasteiger partial charge is 0.308 e. The lowest BCUT2D eigenvalue weighted by Gasteiger charge is -2.10. The number of rotatable bonds is 7. The van der Waals surface area contributed by atoms with Gasteiger partial charge in [0.1, 0.15) is 0 Å². The van der Waals surface area contributed by atoms with E-state index in [1.165, 1.54) is 11.8 Å². The molecule has 0 spiro atoms. The van der Waals surface area contributed by atoms with Gasteiger partial charge in [-0.3, -0.25) is 14.5 Å². The molecule has 0 fully saturated rings. The van der Waals surface area contributed by atoms with Crippen molar-refractivity contribution in [3.63, 3.8) is 0 Å². The minimum Gasteiger partial charge on any atom is -0.308 e. The Bertz CT molecular complexity index is 1120. The van der Waals surface area contributed by atoms with Gasteiger partial charge in [0, 0.05) is 23.0 Å². The second kappa shape index (κ2) is 8.96. The smallest absolute Gasteiger partial charge is 0.236 e. The molecule has 152 valence electrons. The molecule has 0 unspecified atom stereocenters. The van der Waals surface area contributed by atoms with Crippen molar-refractivity contribution in [2.24, 2.45) is 0 Å². The van der Waals surface area contributed by atoms with Crippen molar-refractivity contribution in [1.29, 1.82) is 0 Å². The van der Waals surface area contributed by atoms with E-state index in [0.717, 1.165) is 22.8 Å². The van der Waals surface area contributed by atoms with Gasteiger partial charge in [-0.2, -0.15) is 5.10 Å². The number of hydrogen-bond acceptors (Lipinski definition) is 5. The Labute approximate surface area is 178 Å². The summed E-state index contributed by atoms with van der Waals surface area (Å²) in [5.74, 6) is 1.63. The molecule has 2 N–H and O–H groups in total. The number of carbonyl (C=O) groups excluding carboxylic acids is 1. The molecule has 2 aromatic carbocycles. The molecular weight excluding hydrogens is 396 g/mol. The van der Waals surface area contributed by atoms with Crippen molar-refractivity contribution in [3.8, 4) is 17.1 Å². The fourth-order valence-electron chi connectivity index (χ4n) is 2.95. The number of carbonyl (C=O) groups is 1. The second-order valence-corrected chi connectivity index (χ2v) is 7.99. The standard InChI is InChI=1S/C22H22N6OS/c1-15(2)18-13-19(25-24-18)23-20(29)14-30-22-27-26-21(16-9-5-3-6-10-16)28(22)17-11-7-4-8-12-17/h3-13,15H,14H2,1-2H3,(H2,23,24,25,29). The quantitative estimate of drug-likeness (QED) is 0.431. The molecule has 1 amide bonds. The number of thioether (sulfide) groups is 1. The highest BCUT2D eigenvalue weighted by atomic mass is 32.2. The first kappa shape index (κ1) is 19.9. The summed E-state index contributed by atoms with van der Waals surface area (Å²) in [6.45, 7) is 4.13. The van der Waals surface area contributed by atoms with Crippen LogP contribution in [0, 0.1) is 0 Å². The van der Waals surface area contributed by atoms with E-state index in [0.29, 0.717) is 16.9 Å². The first-order chi connectivity index (χ1) is 14.6. The molecular formula is C22H22N6OS. The Kier molecular flexibility index (Phi) is 5.94. The average molecular weight is 419 g/mol. The maximum Gasteiger partial charge on any atom is 0.236 e. The van der Waals surface area contributed by atoms with Crippen molar-refractivity contribution in [2.75, 3.05) is 11.1 Å². The summed E-state index contributed by atoms with van der Waals surface area (Å²) in [5, 5.41) is 19.3. The van der Waals surface area contributed by atoms with Crippen LogP contribution in [0.1, 0.15) is 25.5 Å². The van der Waals surface area contributed by atoms with E-state index in [1.807, 2.05) is 71.3 Å². The van der Waals surface area contributed by atoms with Gasteiger partial charge < -0.3 is 5.32 Å². The van der Waals surface area contributed by atoms with Crippen LogP contribution in [0.25, 0.3) is 17.1 Å². The van der Waals surface area contributed by atoms with Gasteiger partial charge in [-0.25, -0.2) is 0 Å². The lowest BCUT2D eigenvalue weighted by molar-refractivity contribution is -0.113. The molecule has 0 aliphatic carbocycles. The van der Waals surface area contributed by atoms with Gasteiger partial charge in [0.2, 0.25) is 5.91 Å². The highest BCUT2D eigenvalue weighted by Gasteiger charge is 2.17. The molecule has 2 aromatic heterocycles. The van der Waals surface area contributed by atoms with Crippen molar-refractivity contribution in [1.82, 2.24) is 25.0 Å². The Morgan fingerprint density at radius 1 is 1.07 bits per heavy atom. The van der Waals surface area contributed by atoms with E-state index in [2.05, 4.69) is 39.6 Å². The molecule has 0 aliphatic heterocycles. The van der Waals surface area contributed by atoms with E-state index < -0.39 is 0 Å². The Hall–Kier alpha value is -3.39. The van der Waals surface area contributed by atoms with E-state index in [-0.39, 0.29) is 11.7 Å². The summed E-state index contributed by atoms with van der Waals surface area (Å²) in [6, 6.07) is 21.6. The van der Waals surface area contributed by atoms with Crippen LogP contribution in [-0.4, -0.2) is 36.6 Å². The van der Waals surface area contributed by atoms with Crippen molar-refractivity contribution in [2.45, 2.75) is 24.9 Å². The summed E-state index contributed by atoms with van der Waals surface area (Å²) in [4.78, 5) is 12.4. The second-order valence-electron chi connectivity index (χ2n) is 7.04. The molecule has 0 saturated carbocycles. The number of para-hydroxylation sites is 1. The van der Waals surface area contributed by atoms with Crippen LogP contribution in [0.2, 0.25) is 0 Å². The van der Waals surface area contributed by atoms with E-state index >= 15 is 0 Å². The van der Waals surface area contributed by atoms with Crippen LogP contribution in [0.4, 0.5) is 5.82 Å². The van der Waals surface area contributed by atoms with Gasteiger partial charge in [0.15, 0.2) is 16.8 Å². The predicted molar refractivity (Wildman–Crippen MR) is 119 cm³/mol. The summed E-state index contributed by atoms with van der Waals surface area (Å²) in [7, 11) is 0. The van der Waals surface area contributed by atoms with Crippen LogP contribution in [0.3, 0.4) is 0 Å². The lowest BCUT2D eigenvalue weighted by atomic mass is 10.1. The maximum atomic E-state index is 12.4. The zero-order valence-electron chi connectivity index (χ0n) is 16.7.